The molecule has 7 nitrogen and oxygen atoms in total. The van der Waals surface area contributed by atoms with Crippen molar-refractivity contribution in [1.29, 1.82) is 0 Å². The third-order valence-electron chi connectivity index (χ3n) is 2.04. The normalized spacial score (nSPS) is 10.4. The number of nitrogens with zero attached hydrogens (tertiary/aromatic N) is 4. The van der Waals surface area contributed by atoms with Crippen molar-refractivity contribution in [3.63, 3.8) is 0 Å². The molecule has 10 heteroatoms. The number of pyridine rings is 1. The second kappa shape index (κ2) is 6.17. The number of anilines is 1. The van der Waals surface area contributed by atoms with E-state index in [4.69, 9.17) is 0 Å². The third kappa shape index (κ3) is 3.33. The van der Waals surface area contributed by atoms with Crippen LogP contribution < -0.4 is 5.32 Å². The molecule has 0 amide bonds. The summed E-state index contributed by atoms with van der Waals surface area (Å²) < 4.78 is 1.45. The van der Waals surface area contributed by atoms with Gasteiger partial charge in [-0.2, -0.15) is 0 Å². The minimum absolute atomic E-state index is 0.0371. The van der Waals surface area contributed by atoms with Crippen molar-refractivity contribution in [2.24, 2.45) is 0 Å². The molecule has 2 heterocycles. The molecule has 0 aliphatic rings. The van der Waals surface area contributed by atoms with Crippen molar-refractivity contribution in [2.75, 3.05) is 18.6 Å². The summed E-state index contributed by atoms with van der Waals surface area (Å²) in [7, 11) is 1.71. The van der Waals surface area contributed by atoms with Gasteiger partial charge < -0.3 is 5.32 Å². The molecule has 0 fully saturated rings. The maximum Gasteiger partial charge on any atom is 0.301 e. The van der Waals surface area contributed by atoms with Gasteiger partial charge in [0.2, 0.25) is 0 Å². The highest BCUT2D eigenvalue weighted by Gasteiger charge is 2.19. The van der Waals surface area contributed by atoms with Crippen LogP contribution >= 0.6 is 34.9 Å². The lowest BCUT2D eigenvalue weighted by Gasteiger charge is -2.02. The number of nitro groups is 1. The summed E-state index contributed by atoms with van der Waals surface area (Å²) in [6.45, 7) is 0. The zero-order valence-electron chi connectivity index (χ0n) is 9.98. The van der Waals surface area contributed by atoms with Gasteiger partial charge in [0.05, 0.1) is 4.92 Å². The highest BCUT2D eigenvalue weighted by Crippen LogP contribution is 2.36. The Morgan fingerprint density at radius 1 is 1.37 bits per heavy atom. The number of nitrogens with one attached hydrogen (secondary N) is 1. The third-order valence-corrected chi connectivity index (χ3v) is 4.98. The van der Waals surface area contributed by atoms with E-state index in [2.05, 4.69) is 20.5 Å². The van der Waals surface area contributed by atoms with E-state index in [1.165, 1.54) is 29.2 Å². The molecule has 0 aromatic carbocycles. The molecule has 0 aliphatic heterocycles. The molecule has 0 radical (unpaired) electrons. The molecular formula is C9H9N5O2S3. The van der Waals surface area contributed by atoms with E-state index in [-0.39, 0.29) is 5.69 Å². The van der Waals surface area contributed by atoms with Gasteiger partial charge in [-0.1, -0.05) is 23.1 Å². The van der Waals surface area contributed by atoms with Crippen LogP contribution in [-0.2, 0) is 0 Å². The Morgan fingerprint density at radius 2 is 2.11 bits per heavy atom. The standard InChI is InChI=1S/C9H9N5O2S3/c1-10-6-4-3-5(14(15)16)7(11-6)18-9-13-12-8(17-2)19-9/h3-4H,1-2H3,(H,10,11). The Labute approximate surface area is 121 Å². The quantitative estimate of drug-likeness (QED) is 0.511. The Hall–Kier alpha value is -1.39. The predicted molar refractivity (Wildman–Crippen MR) is 76.3 cm³/mol. The Kier molecular flexibility index (Phi) is 4.56. The minimum Gasteiger partial charge on any atom is -0.373 e. The molecule has 0 saturated carbocycles. The Bertz CT molecular complexity index is 603. The Morgan fingerprint density at radius 3 is 2.68 bits per heavy atom. The molecule has 19 heavy (non-hydrogen) atoms. The van der Waals surface area contributed by atoms with Crippen molar-refractivity contribution >= 4 is 46.4 Å². The van der Waals surface area contributed by atoms with E-state index >= 15 is 0 Å². The first-order valence-electron chi connectivity index (χ1n) is 5.02. The van der Waals surface area contributed by atoms with Crippen molar-refractivity contribution in [1.82, 2.24) is 15.2 Å². The number of hydrogen-bond donors (Lipinski definition) is 1. The van der Waals surface area contributed by atoms with Gasteiger partial charge in [0.25, 0.3) is 0 Å². The summed E-state index contributed by atoms with van der Waals surface area (Å²) in [5.74, 6) is 0.572. The SMILES string of the molecule is CNc1ccc([N+](=O)[O-])c(Sc2nnc(SC)s2)n1. The van der Waals surface area contributed by atoms with Gasteiger partial charge >= 0.3 is 5.69 Å². The molecule has 0 atom stereocenters. The summed E-state index contributed by atoms with van der Waals surface area (Å²) in [6, 6.07) is 2.99. The monoisotopic (exact) mass is 315 g/mol. The summed E-state index contributed by atoms with van der Waals surface area (Å²) in [6.07, 6.45) is 1.90. The zero-order valence-corrected chi connectivity index (χ0v) is 12.4. The van der Waals surface area contributed by atoms with Crippen LogP contribution in [0, 0.1) is 10.1 Å². The van der Waals surface area contributed by atoms with Crippen LogP contribution in [0.25, 0.3) is 0 Å². The zero-order chi connectivity index (χ0) is 13.8. The van der Waals surface area contributed by atoms with E-state index in [1.54, 1.807) is 13.1 Å². The van der Waals surface area contributed by atoms with E-state index in [0.29, 0.717) is 15.2 Å². The van der Waals surface area contributed by atoms with Gasteiger partial charge in [-0.15, -0.1) is 10.2 Å². The topological polar surface area (TPSA) is 93.8 Å². The van der Waals surface area contributed by atoms with Gasteiger partial charge in [0.15, 0.2) is 13.7 Å². The molecule has 0 unspecified atom stereocenters. The van der Waals surface area contributed by atoms with Gasteiger partial charge in [-0.05, 0) is 24.1 Å². The summed E-state index contributed by atoms with van der Waals surface area (Å²) >= 11 is 4.01. The van der Waals surface area contributed by atoms with Gasteiger partial charge in [0.1, 0.15) is 5.82 Å². The maximum absolute atomic E-state index is 11.0. The van der Waals surface area contributed by atoms with Gasteiger partial charge in [-0.25, -0.2) is 4.98 Å². The first-order valence-corrected chi connectivity index (χ1v) is 7.88. The molecule has 0 aliphatic carbocycles. The van der Waals surface area contributed by atoms with Gasteiger partial charge in [-0.3, -0.25) is 10.1 Å². The van der Waals surface area contributed by atoms with E-state index < -0.39 is 4.92 Å². The van der Waals surface area contributed by atoms with E-state index in [0.717, 1.165) is 16.1 Å². The first-order chi connectivity index (χ1) is 9.13. The number of thioether (sulfide) groups is 1. The van der Waals surface area contributed by atoms with Gasteiger partial charge in [0, 0.05) is 13.1 Å². The molecule has 2 aromatic rings. The molecule has 2 rings (SSSR count). The van der Waals surface area contributed by atoms with Crippen molar-refractivity contribution < 1.29 is 4.92 Å². The minimum atomic E-state index is -0.453. The molecular weight excluding hydrogens is 306 g/mol. The second-order valence-corrected chi connectivity index (χ2v) is 6.43. The fourth-order valence-electron chi connectivity index (χ4n) is 1.19. The fraction of sp³-hybridized carbons (Fsp3) is 0.222. The molecule has 1 N–H and O–H groups in total. The lowest BCUT2D eigenvalue weighted by atomic mass is 10.4. The lowest BCUT2D eigenvalue weighted by Crippen LogP contribution is -1.97. The number of hydrogen-bond acceptors (Lipinski definition) is 9. The summed E-state index contributed by atoms with van der Waals surface area (Å²) in [5.41, 5.74) is -0.0371. The highest BCUT2D eigenvalue weighted by atomic mass is 32.2. The van der Waals surface area contributed by atoms with Crippen LogP contribution in [-0.4, -0.2) is 33.4 Å². The molecule has 0 bridgehead atoms. The summed E-state index contributed by atoms with van der Waals surface area (Å²) in [5, 5.41) is 22.0. The fourth-order valence-corrected chi connectivity index (χ4v) is 3.63. The molecule has 0 saturated heterocycles. The van der Waals surface area contributed by atoms with Crippen LogP contribution in [0.3, 0.4) is 0 Å². The van der Waals surface area contributed by atoms with Crippen LogP contribution in [0.1, 0.15) is 0 Å². The molecule has 0 spiro atoms. The van der Waals surface area contributed by atoms with Crippen molar-refractivity contribution in [2.45, 2.75) is 13.7 Å². The van der Waals surface area contributed by atoms with Crippen LogP contribution in [0.5, 0.6) is 0 Å². The first kappa shape index (κ1) is 14.0. The van der Waals surface area contributed by atoms with E-state index in [1.807, 2.05) is 6.26 Å². The van der Waals surface area contributed by atoms with E-state index in [9.17, 15) is 10.1 Å². The number of aromatic nitrogens is 3. The predicted octanol–water partition coefficient (Wildman–Crippen LogP) is 2.76. The second-order valence-electron chi connectivity index (χ2n) is 3.17. The smallest absolute Gasteiger partial charge is 0.301 e. The van der Waals surface area contributed by atoms with Crippen molar-refractivity contribution in [3.05, 3.63) is 22.2 Å². The number of rotatable bonds is 5. The average Bonchev–Trinajstić information content (AvgIpc) is 2.86. The largest absolute Gasteiger partial charge is 0.373 e. The maximum atomic E-state index is 11.0. The summed E-state index contributed by atoms with van der Waals surface area (Å²) in [4.78, 5) is 14.7. The van der Waals surface area contributed by atoms with Crippen LogP contribution in [0.4, 0.5) is 11.5 Å². The molecule has 100 valence electrons. The highest BCUT2D eigenvalue weighted by molar-refractivity contribution is 8.03. The lowest BCUT2D eigenvalue weighted by molar-refractivity contribution is -0.388. The van der Waals surface area contributed by atoms with Crippen LogP contribution in [0.15, 0.2) is 25.8 Å². The average molecular weight is 315 g/mol. The van der Waals surface area contributed by atoms with Crippen molar-refractivity contribution in [3.8, 4) is 0 Å². The molecule has 2 aromatic heterocycles. The van der Waals surface area contributed by atoms with Crippen LogP contribution in [0.2, 0.25) is 0 Å². The Balaban J connectivity index is 2.33.